The van der Waals surface area contributed by atoms with E-state index in [-0.39, 0.29) is 0 Å². The molecule has 4 heteroatoms. The molecule has 0 saturated carbocycles. The molecule has 1 unspecified atom stereocenters. The minimum atomic E-state index is 0.485. The molecule has 0 aliphatic rings. The number of anilines is 1. The van der Waals surface area contributed by atoms with Crippen molar-refractivity contribution in [3.05, 3.63) is 11.9 Å². The van der Waals surface area contributed by atoms with Gasteiger partial charge in [0.2, 0.25) is 5.88 Å². The fourth-order valence-electron chi connectivity index (χ4n) is 1.83. The van der Waals surface area contributed by atoms with Crippen molar-refractivity contribution in [1.82, 2.24) is 9.97 Å². The van der Waals surface area contributed by atoms with E-state index in [1.807, 2.05) is 6.92 Å². The summed E-state index contributed by atoms with van der Waals surface area (Å²) in [6, 6.07) is 1.70. The Kier molecular flexibility index (Phi) is 6.47. The van der Waals surface area contributed by atoms with E-state index in [4.69, 9.17) is 10.5 Å². The van der Waals surface area contributed by atoms with Crippen molar-refractivity contribution in [3.8, 4) is 5.88 Å². The molecule has 0 radical (unpaired) electrons. The van der Waals surface area contributed by atoms with Crippen molar-refractivity contribution in [3.63, 3.8) is 0 Å². The van der Waals surface area contributed by atoms with Crippen molar-refractivity contribution in [2.24, 2.45) is 5.92 Å². The van der Waals surface area contributed by atoms with Gasteiger partial charge < -0.3 is 10.5 Å². The maximum Gasteiger partial charge on any atom is 0.218 e. The Morgan fingerprint density at radius 3 is 2.67 bits per heavy atom. The lowest BCUT2D eigenvalue weighted by molar-refractivity contribution is 0.225. The third-order valence-corrected chi connectivity index (χ3v) is 3.10. The summed E-state index contributed by atoms with van der Waals surface area (Å²) < 4.78 is 5.75. The third kappa shape index (κ3) is 4.90. The van der Waals surface area contributed by atoms with E-state index in [0.29, 0.717) is 17.6 Å². The highest BCUT2D eigenvalue weighted by molar-refractivity contribution is 5.32. The zero-order valence-corrected chi connectivity index (χ0v) is 11.8. The van der Waals surface area contributed by atoms with Crippen molar-refractivity contribution in [2.45, 2.75) is 52.9 Å². The van der Waals surface area contributed by atoms with E-state index in [9.17, 15) is 0 Å². The van der Waals surface area contributed by atoms with Crippen LogP contribution in [0.4, 0.5) is 5.82 Å². The predicted octanol–water partition coefficient (Wildman–Crippen LogP) is 3.22. The zero-order chi connectivity index (χ0) is 13.4. The molecule has 0 spiro atoms. The molecule has 1 atom stereocenters. The molecule has 0 amide bonds. The second-order valence-electron chi connectivity index (χ2n) is 4.63. The van der Waals surface area contributed by atoms with Crippen LogP contribution in [-0.4, -0.2) is 16.6 Å². The van der Waals surface area contributed by atoms with E-state index in [0.717, 1.165) is 25.3 Å². The van der Waals surface area contributed by atoms with Crippen LogP contribution in [0.1, 0.15) is 52.3 Å². The van der Waals surface area contributed by atoms with Crippen LogP contribution in [0.2, 0.25) is 0 Å². The highest BCUT2D eigenvalue weighted by Gasteiger charge is 2.08. The molecule has 0 aromatic carbocycles. The van der Waals surface area contributed by atoms with Gasteiger partial charge in [0.15, 0.2) is 0 Å². The molecule has 102 valence electrons. The van der Waals surface area contributed by atoms with Crippen LogP contribution >= 0.6 is 0 Å². The molecule has 1 rings (SSSR count). The molecule has 1 heterocycles. The summed E-state index contributed by atoms with van der Waals surface area (Å²) in [5.74, 6) is 2.44. The van der Waals surface area contributed by atoms with Crippen molar-refractivity contribution in [1.29, 1.82) is 0 Å². The van der Waals surface area contributed by atoms with Crippen LogP contribution in [0.5, 0.6) is 5.88 Å². The summed E-state index contributed by atoms with van der Waals surface area (Å²) in [6.07, 6.45) is 5.62. The van der Waals surface area contributed by atoms with Crippen molar-refractivity contribution in [2.75, 3.05) is 12.3 Å². The summed E-state index contributed by atoms with van der Waals surface area (Å²) in [5, 5.41) is 0. The first-order valence-corrected chi connectivity index (χ1v) is 6.95. The van der Waals surface area contributed by atoms with E-state index in [1.165, 1.54) is 19.3 Å². The first-order chi connectivity index (χ1) is 8.69. The summed E-state index contributed by atoms with van der Waals surface area (Å²) in [7, 11) is 0. The smallest absolute Gasteiger partial charge is 0.218 e. The van der Waals surface area contributed by atoms with Gasteiger partial charge in [0, 0.05) is 12.5 Å². The van der Waals surface area contributed by atoms with Gasteiger partial charge in [-0.2, -0.15) is 4.98 Å². The standard InChI is InChI=1S/C14H25N3O/c1-4-7-8-11(5-2)10-18-14-9-12(15)16-13(6-3)17-14/h9,11H,4-8,10H2,1-3H3,(H2,15,16,17). The highest BCUT2D eigenvalue weighted by atomic mass is 16.5. The minimum Gasteiger partial charge on any atom is -0.477 e. The number of nitrogens with two attached hydrogens (primary N) is 1. The van der Waals surface area contributed by atoms with Crippen LogP contribution < -0.4 is 10.5 Å². The summed E-state index contributed by atoms with van der Waals surface area (Å²) in [6.45, 7) is 7.15. The number of aromatic nitrogens is 2. The molecule has 0 aliphatic heterocycles. The van der Waals surface area contributed by atoms with Gasteiger partial charge in [0.25, 0.3) is 0 Å². The van der Waals surface area contributed by atoms with Gasteiger partial charge in [0.1, 0.15) is 11.6 Å². The van der Waals surface area contributed by atoms with Crippen molar-refractivity contribution >= 4 is 5.82 Å². The summed E-state index contributed by atoms with van der Waals surface area (Å²) in [5.41, 5.74) is 5.72. The van der Waals surface area contributed by atoms with Gasteiger partial charge in [-0.25, -0.2) is 4.98 Å². The Bertz CT molecular complexity index is 355. The van der Waals surface area contributed by atoms with Crippen LogP contribution in [0.25, 0.3) is 0 Å². The fraction of sp³-hybridized carbons (Fsp3) is 0.714. The lowest BCUT2D eigenvalue weighted by Gasteiger charge is -2.15. The molecule has 0 aliphatic carbocycles. The van der Waals surface area contributed by atoms with Gasteiger partial charge in [-0.15, -0.1) is 0 Å². The Morgan fingerprint density at radius 1 is 1.28 bits per heavy atom. The van der Waals surface area contributed by atoms with Gasteiger partial charge in [-0.05, 0) is 12.3 Å². The quantitative estimate of drug-likeness (QED) is 0.770. The zero-order valence-electron chi connectivity index (χ0n) is 11.8. The summed E-state index contributed by atoms with van der Waals surface area (Å²) >= 11 is 0. The van der Waals surface area contributed by atoms with E-state index in [1.54, 1.807) is 6.07 Å². The number of nitrogen functional groups attached to an aromatic ring is 1. The van der Waals surface area contributed by atoms with Crippen LogP contribution in [-0.2, 0) is 6.42 Å². The number of nitrogens with zero attached hydrogens (tertiary/aromatic N) is 2. The number of aryl methyl sites for hydroxylation is 1. The Morgan fingerprint density at radius 2 is 2.06 bits per heavy atom. The van der Waals surface area contributed by atoms with E-state index in [2.05, 4.69) is 23.8 Å². The topological polar surface area (TPSA) is 61.0 Å². The maximum atomic E-state index is 5.75. The van der Waals surface area contributed by atoms with Gasteiger partial charge in [-0.1, -0.05) is 40.0 Å². The number of hydrogen-bond acceptors (Lipinski definition) is 4. The average molecular weight is 251 g/mol. The SMILES string of the molecule is CCCCC(CC)COc1cc(N)nc(CC)n1. The Balaban J connectivity index is 2.53. The molecular weight excluding hydrogens is 226 g/mol. The first kappa shape index (κ1) is 14.7. The molecule has 1 aromatic rings. The molecule has 0 bridgehead atoms. The van der Waals surface area contributed by atoms with Gasteiger partial charge in [-0.3, -0.25) is 0 Å². The van der Waals surface area contributed by atoms with Crippen LogP contribution in [0.15, 0.2) is 6.07 Å². The minimum absolute atomic E-state index is 0.485. The fourth-order valence-corrected chi connectivity index (χ4v) is 1.83. The molecule has 4 nitrogen and oxygen atoms in total. The number of rotatable bonds is 8. The lowest BCUT2D eigenvalue weighted by Crippen LogP contribution is -2.13. The van der Waals surface area contributed by atoms with Crippen molar-refractivity contribution < 1.29 is 4.74 Å². The van der Waals surface area contributed by atoms with Crippen LogP contribution in [0, 0.1) is 5.92 Å². The molecule has 0 saturated heterocycles. The monoisotopic (exact) mass is 251 g/mol. The number of hydrogen-bond donors (Lipinski definition) is 1. The predicted molar refractivity (Wildman–Crippen MR) is 74.6 cm³/mol. The lowest BCUT2D eigenvalue weighted by atomic mass is 10.0. The van der Waals surface area contributed by atoms with E-state index < -0.39 is 0 Å². The highest BCUT2D eigenvalue weighted by Crippen LogP contribution is 2.16. The normalized spacial score (nSPS) is 12.4. The number of unbranched alkanes of at least 4 members (excludes halogenated alkanes) is 1. The molecule has 2 N–H and O–H groups in total. The largest absolute Gasteiger partial charge is 0.477 e. The van der Waals surface area contributed by atoms with Gasteiger partial charge >= 0.3 is 0 Å². The Hall–Kier alpha value is -1.32. The molecule has 0 fully saturated rings. The number of ether oxygens (including phenoxy) is 1. The average Bonchev–Trinajstić information content (AvgIpc) is 2.38. The second-order valence-corrected chi connectivity index (χ2v) is 4.63. The first-order valence-electron chi connectivity index (χ1n) is 6.95. The second kappa shape index (κ2) is 7.90. The van der Waals surface area contributed by atoms with Crippen LogP contribution in [0.3, 0.4) is 0 Å². The molecular formula is C14H25N3O. The van der Waals surface area contributed by atoms with E-state index >= 15 is 0 Å². The molecule has 18 heavy (non-hydrogen) atoms. The van der Waals surface area contributed by atoms with Gasteiger partial charge in [0.05, 0.1) is 6.61 Å². The summed E-state index contributed by atoms with van der Waals surface area (Å²) in [4.78, 5) is 8.46. The Labute approximate surface area is 110 Å². The third-order valence-electron chi connectivity index (χ3n) is 3.10. The molecule has 1 aromatic heterocycles. The maximum absolute atomic E-state index is 5.75.